The smallest absolute Gasteiger partial charge is 0.152 e. The first-order valence-electron chi connectivity index (χ1n) is 6.20. The van der Waals surface area contributed by atoms with Gasteiger partial charge in [0.25, 0.3) is 0 Å². The summed E-state index contributed by atoms with van der Waals surface area (Å²) in [7, 11) is -2.81. The van der Waals surface area contributed by atoms with Gasteiger partial charge in [-0.25, -0.2) is 8.42 Å². The number of nitrogens with zero attached hydrogens (tertiary/aromatic N) is 1. The van der Waals surface area contributed by atoms with E-state index in [1.165, 1.54) is 0 Å². The topological polar surface area (TPSA) is 57.6 Å². The van der Waals surface area contributed by atoms with Crippen molar-refractivity contribution in [2.75, 3.05) is 31.2 Å². The van der Waals surface area contributed by atoms with Gasteiger partial charge in [-0.15, -0.1) is 0 Å². The van der Waals surface area contributed by atoms with E-state index >= 15 is 0 Å². The Hall–Kier alpha value is -1.35. The minimum absolute atomic E-state index is 0.135. The fraction of sp³-hybridized carbons (Fsp3) is 0.429. The van der Waals surface area contributed by atoms with Crippen LogP contribution >= 0.6 is 0 Å². The monoisotopic (exact) mass is 279 g/mol. The van der Waals surface area contributed by atoms with E-state index in [1.54, 1.807) is 0 Å². The predicted octanol–water partition coefficient (Wildman–Crippen LogP) is 0.261. The number of sulfone groups is 1. The van der Waals surface area contributed by atoms with E-state index in [0.717, 1.165) is 17.7 Å². The Morgan fingerprint density at radius 2 is 1.79 bits per heavy atom. The molecule has 0 saturated carbocycles. The van der Waals surface area contributed by atoms with Crippen molar-refractivity contribution in [3.63, 3.8) is 0 Å². The van der Waals surface area contributed by atoms with E-state index in [2.05, 4.69) is 16.7 Å². The molecule has 1 N–H and O–H groups in total. The lowest BCUT2D eigenvalue weighted by Gasteiger charge is -2.26. The van der Waals surface area contributed by atoms with Gasteiger partial charge in [-0.05, 0) is 17.7 Å². The SMILES string of the molecule is O=S1(=O)CCN(Cc2ccc(C#CCO)cc2)CC1. The second kappa shape index (κ2) is 6.20. The van der Waals surface area contributed by atoms with Crippen LogP contribution in [0.2, 0.25) is 0 Å². The van der Waals surface area contributed by atoms with E-state index in [-0.39, 0.29) is 18.1 Å². The van der Waals surface area contributed by atoms with Gasteiger partial charge in [-0.3, -0.25) is 4.90 Å². The Kier molecular flexibility index (Phi) is 4.59. The number of hydrogen-bond acceptors (Lipinski definition) is 4. The Bertz CT molecular complexity index is 567. The van der Waals surface area contributed by atoms with E-state index in [9.17, 15) is 8.42 Å². The molecule has 0 atom stereocenters. The molecule has 102 valence electrons. The van der Waals surface area contributed by atoms with Gasteiger partial charge in [-0.1, -0.05) is 24.0 Å². The van der Waals surface area contributed by atoms with Gasteiger partial charge in [0.1, 0.15) is 6.61 Å². The molecule has 1 aromatic carbocycles. The van der Waals surface area contributed by atoms with Crippen LogP contribution in [0.4, 0.5) is 0 Å². The van der Waals surface area contributed by atoms with Gasteiger partial charge in [0, 0.05) is 25.2 Å². The summed E-state index contributed by atoms with van der Waals surface area (Å²) in [6, 6.07) is 7.81. The first-order valence-corrected chi connectivity index (χ1v) is 8.03. The van der Waals surface area contributed by atoms with Crippen LogP contribution in [0.25, 0.3) is 0 Å². The average molecular weight is 279 g/mol. The summed E-state index contributed by atoms with van der Waals surface area (Å²) in [6.07, 6.45) is 0. The molecular formula is C14H17NO3S. The van der Waals surface area contributed by atoms with Crippen LogP contribution < -0.4 is 0 Å². The van der Waals surface area contributed by atoms with Crippen molar-refractivity contribution >= 4 is 9.84 Å². The van der Waals surface area contributed by atoms with Crippen molar-refractivity contribution in [2.45, 2.75) is 6.54 Å². The fourth-order valence-electron chi connectivity index (χ4n) is 2.00. The first kappa shape index (κ1) is 14.1. The lowest BCUT2D eigenvalue weighted by atomic mass is 10.1. The molecule has 0 unspecified atom stereocenters. The van der Waals surface area contributed by atoms with Gasteiger partial charge >= 0.3 is 0 Å². The molecule has 0 spiro atoms. The lowest BCUT2D eigenvalue weighted by molar-refractivity contribution is 0.287. The molecule has 0 aliphatic carbocycles. The molecule has 0 radical (unpaired) electrons. The highest BCUT2D eigenvalue weighted by Crippen LogP contribution is 2.10. The van der Waals surface area contributed by atoms with Crippen LogP contribution in [0, 0.1) is 11.8 Å². The van der Waals surface area contributed by atoms with Crippen LogP contribution in [0.15, 0.2) is 24.3 Å². The highest BCUT2D eigenvalue weighted by molar-refractivity contribution is 7.91. The molecule has 5 heteroatoms. The van der Waals surface area contributed by atoms with Gasteiger partial charge in [0.15, 0.2) is 9.84 Å². The second-order valence-electron chi connectivity index (χ2n) is 4.58. The molecule has 1 heterocycles. The minimum atomic E-state index is -2.81. The second-order valence-corrected chi connectivity index (χ2v) is 6.89. The molecule has 0 amide bonds. The van der Waals surface area contributed by atoms with Crippen molar-refractivity contribution in [1.82, 2.24) is 4.90 Å². The molecule has 1 aliphatic heterocycles. The summed E-state index contributed by atoms with van der Waals surface area (Å²) in [5.74, 6) is 5.96. The van der Waals surface area contributed by atoms with Crippen LogP contribution in [-0.2, 0) is 16.4 Å². The molecule has 19 heavy (non-hydrogen) atoms. The van der Waals surface area contributed by atoms with Crippen LogP contribution in [0.5, 0.6) is 0 Å². The fourth-order valence-corrected chi connectivity index (χ4v) is 3.28. The van der Waals surface area contributed by atoms with Gasteiger partial charge in [0.2, 0.25) is 0 Å². The van der Waals surface area contributed by atoms with Crippen molar-refractivity contribution in [2.24, 2.45) is 0 Å². The summed E-state index contributed by atoms with van der Waals surface area (Å²) in [5.41, 5.74) is 2.02. The van der Waals surface area contributed by atoms with Crippen molar-refractivity contribution < 1.29 is 13.5 Å². The lowest BCUT2D eigenvalue weighted by Crippen LogP contribution is -2.39. The Morgan fingerprint density at radius 3 is 2.37 bits per heavy atom. The van der Waals surface area contributed by atoms with E-state index in [4.69, 9.17) is 5.11 Å². The summed E-state index contributed by atoms with van der Waals surface area (Å²) in [5, 5.41) is 8.61. The molecule has 1 saturated heterocycles. The standard InChI is InChI=1S/C14H17NO3S/c16-9-1-2-13-3-5-14(6-4-13)12-15-7-10-19(17,18)11-8-15/h3-6,16H,7-12H2. The third-order valence-electron chi connectivity index (χ3n) is 3.11. The first-order chi connectivity index (χ1) is 9.09. The van der Waals surface area contributed by atoms with Gasteiger partial charge in [-0.2, -0.15) is 0 Å². The molecule has 1 aromatic rings. The summed E-state index contributed by atoms with van der Waals surface area (Å²) in [6.45, 7) is 1.84. The molecular weight excluding hydrogens is 262 g/mol. The average Bonchev–Trinajstić information content (AvgIpc) is 2.40. The number of benzene rings is 1. The highest BCUT2D eigenvalue weighted by Gasteiger charge is 2.21. The molecule has 4 nitrogen and oxygen atoms in total. The number of aliphatic hydroxyl groups is 1. The maximum atomic E-state index is 11.3. The zero-order valence-corrected chi connectivity index (χ0v) is 11.5. The summed E-state index contributed by atoms with van der Waals surface area (Å²) in [4.78, 5) is 2.15. The van der Waals surface area contributed by atoms with E-state index < -0.39 is 9.84 Å². The van der Waals surface area contributed by atoms with E-state index in [1.807, 2.05) is 24.3 Å². The zero-order valence-electron chi connectivity index (χ0n) is 10.7. The normalized spacial score (nSPS) is 18.6. The summed E-state index contributed by atoms with van der Waals surface area (Å²) < 4.78 is 22.7. The largest absolute Gasteiger partial charge is 0.384 e. The van der Waals surface area contributed by atoms with E-state index in [0.29, 0.717) is 13.1 Å². The van der Waals surface area contributed by atoms with Gasteiger partial charge < -0.3 is 5.11 Å². The molecule has 0 aromatic heterocycles. The molecule has 2 rings (SSSR count). The van der Waals surface area contributed by atoms with Crippen molar-refractivity contribution in [3.05, 3.63) is 35.4 Å². The molecule has 1 aliphatic rings. The van der Waals surface area contributed by atoms with Crippen LogP contribution in [-0.4, -0.2) is 49.6 Å². The number of aliphatic hydroxyl groups excluding tert-OH is 1. The van der Waals surface area contributed by atoms with Crippen LogP contribution in [0.1, 0.15) is 11.1 Å². The van der Waals surface area contributed by atoms with Crippen LogP contribution in [0.3, 0.4) is 0 Å². The highest BCUT2D eigenvalue weighted by atomic mass is 32.2. The Labute approximate surface area is 114 Å². The Morgan fingerprint density at radius 1 is 1.16 bits per heavy atom. The third kappa shape index (κ3) is 4.35. The Balaban J connectivity index is 1.93. The number of rotatable bonds is 2. The predicted molar refractivity (Wildman–Crippen MR) is 74.3 cm³/mol. The third-order valence-corrected chi connectivity index (χ3v) is 4.72. The van der Waals surface area contributed by atoms with Gasteiger partial charge in [0.05, 0.1) is 11.5 Å². The van der Waals surface area contributed by atoms with Crippen molar-refractivity contribution in [3.8, 4) is 11.8 Å². The summed E-state index contributed by atoms with van der Waals surface area (Å²) >= 11 is 0. The quantitative estimate of drug-likeness (QED) is 0.789. The minimum Gasteiger partial charge on any atom is -0.384 e. The zero-order chi connectivity index (χ0) is 13.7. The number of hydrogen-bond donors (Lipinski definition) is 1. The maximum absolute atomic E-state index is 11.3. The van der Waals surface area contributed by atoms with Crippen molar-refractivity contribution in [1.29, 1.82) is 0 Å². The molecule has 1 fully saturated rings. The molecule has 0 bridgehead atoms. The maximum Gasteiger partial charge on any atom is 0.152 e.